The molecular formula is C14H19NO3S. The van der Waals surface area contributed by atoms with Crippen molar-refractivity contribution in [1.82, 2.24) is 4.90 Å². The fourth-order valence-corrected chi connectivity index (χ4v) is 3.06. The average Bonchev–Trinajstić information content (AvgIpc) is 2.92. The first-order valence-electron chi connectivity index (χ1n) is 6.47. The van der Waals surface area contributed by atoms with Crippen LogP contribution in [0.15, 0.2) is 30.3 Å². The molecule has 1 aromatic carbocycles. The SMILES string of the molecule is O=C(OCc1ccccc1)N1CC[C@H](SCCO)C1. The highest BCUT2D eigenvalue weighted by atomic mass is 32.2. The number of hydrogen-bond donors (Lipinski definition) is 1. The van der Waals surface area contributed by atoms with Crippen LogP contribution in [0.2, 0.25) is 0 Å². The van der Waals surface area contributed by atoms with Crippen molar-refractivity contribution in [2.75, 3.05) is 25.4 Å². The van der Waals surface area contributed by atoms with Gasteiger partial charge in [-0.1, -0.05) is 30.3 Å². The Morgan fingerprint density at radius 1 is 1.42 bits per heavy atom. The summed E-state index contributed by atoms with van der Waals surface area (Å²) in [6.45, 7) is 1.99. The minimum Gasteiger partial charge on any atom is -0.445 e. The molecule has 0 bridgehead atoms. The van der Waals surface area contributed by atoms with E-state index in [1.54, 1.807) is 16.7 Å². The summed E-state index contributed by atoms with van der Waals surface area (Å²) in [4.78, 5) is 13.6. The Hall–Kier alpha value is -1.20. The van der Waals surface area contributed by atoms with E-state index in [0.717, 1.165) is 30.8 Å². The summed E-state index contributed by atoms with van der Waals surface area (Å²) in [6, 6.07) is 9.68. The van der Waals surface area contributed by atoms with E-state index in [2.05, 4.69) is 0 Å². The number of hydrogen-bond acceptors (Lipinski definition) is 4. The number of rotatable bonds is 5. The van der Waals surface area contributed by atoms with E-state index in [9.17, 15) is 4.79 Å². The standard InChI is InChI=1S/C14H19NO3S/c16-8-9-19-13-6-7-15(10-13)14(17)18-11-12-4-2-1-3-5-12/h1-5,13,16H,6-11H2/t13-/m0/s1. The van der Waals surface area contributed by atoms with Crippen molar-refractivity contribution >= 4 is 17.9 Å². The third-order valence-corrected chi connectivity index (χ3v) is 4.33. The molecule has 4 nitrogen and oxygen atoms in total. The number of likely N-dealkylation sites (tertiary alicyclic amines) is 1. The molecule has 0 unspecified atom stereocenters. The van der Waals surface area contributed by atoms with Gasteiger partial charge in [-0.25, -0.2) is 4.79 Å². The maximum Gasteiger partial charge on any atom is 0.410 e. The van der Waals surface area contributed by atoms with Crippen molar-refractivity contribution in [2.24, 2.45) is 0 Å². The maximum atomic E-state index is 11.9. The summed E-state index contributed by atoms with van der Waals surface area (Å²) < 4.78 is 5.29. The molecule has 0 aromatic heterocycles. The van der Waals surface area contributed by atoms with Gasteiger partial charge in [0.1, 0.15) is 6.61 Å². The zero-order chi connectivity index (χ0) is 13.5. The largest absolute Gasteiger partial charge is 0.445 e. The van der Waals surface area contributed by atoms with Crippen molar-refractivity contribution in [3.05, 3.63) is 35.9 Å². The minimum atomic E-state index is -0.240. The molecule has 1 fully saturated rings. The Kier molecular flexibility index (Phi) is 5.54. The smallest absolute Gasteiger partial charge is 0.410 e. The summed E-state index contributed by atoms with van der Waals surface area (Å²) in [6.07, 6.45) is 0.737. The van der Waals surface area contributed by atoms with Crippen LogP contribution in [0, 0.1) is 0 Å². The molecule has 1 aliphatic heterocycles. The molecule has 1 aromatic rings. The Bertz CT molecular complexity index is 399. The topological polar surface area (TPSA) is 49.8 Å². The van der Waals surface area contributed by atoms with Gasteiger partial charge in [-0.05, 0) is 12.0 Å². The van der Waals surface area contributed by atoms with E-state index in [1.165, 1.54) is 0 Å². The van der Waals surface area contributed by atoms with Gasteiger partial charge in [-0.2, -0.15) is 11.8 Å². The number of carbonyl (C=O) groups is 1. The second-order valence-electron chi connectivity index (χ2n) is 4.49. The zero-order valence-electron chi connectivity index (χ0n) is 10.8. The molecule has 1 N–H and O–H groups in total. The van der Waals surface area contributed by atoms with E-state index in [1.807, 2.05) is 30.3 Å². The highest BCUT2D eigenvalue weighted by Gasteiger charge is 2.27. The van der Waals surface area contributed by atoms with Crippen LogP contribution in [0.3, 0.4) is 0 Å². The lowest BCUT2D eigenvalue weighted by Crippen LogP contribution is -2.29. The van der Waals surface area contributed by atoms with Gasteiger partial charge in [0.15, 0.2) is 0 Å². The first-order valence-corrected chi connectivity index (χ1v) is 7.52. The van der Waals surface area contributed by atoms with E-state index in [-0.39, 0.29) is 12.7 Å². The number of benzene rings is 1. The lowest BCUT2D eigenvalue weighted by molar-refractivity contribution is 0.104. The summed E-state index contributed by atoms with van der Waals surface area (Å²) in [5, 5.41) is 9.21. The van der Waals surface area contributed by atoms with Crippen LogP contribution < -0.4 is 0 Å². The van der Waals surface area contributed by atoms with Crippen molar-refractivity contribution < 1.29 is 14.6 Å². The molecule has 2 rings (SSSR count). The number of aliphatic hydroxyl groups is 1. The molecule has 1 heterocycles. The zero-order valence-corrected chi connectivity index (χ0v) is 11.6. The second-order valence-corrected chi connectivity index (χ2v) is 5.90. The molecular weight excluding hydrogens is 262 g/mol. The molecule has 0 radical (unpaired) electrons. The number of amides is 1. The quantitative estimate of drug-likeness (QED) is 0.898. The molecule has 0 spiro atoms. The van der Waals surface area contributed by atoms with Gasteiger partial charge in [0, 0.05) is 24.1 Å². The van der Waals surface area contributed by atoms with Crippen molar-refractivity contribution in [3.8, 4) is 0 Å². The normalized spacial score (nSPS) is 18.6. The number of aliphatic hydroxyl groups excluding tert-OH is 1. The van der Waals surface area contributed by atoms with Gasteiger partial charge < -0.3 is 14.7 Å². The van der Waals surface area contributed by atoms with Crippen LogP contribution in [0.25, 0.3) is 0 Å². The average molecular weight is 281 g/mol. The van der Waals surface area contributed by atoms with Crippen molar-refractivity contribution in [3.63, 3.8) is 0 Å². The first-order chi connectivity index (χ1) is 9.29. The maximum absolute atomic E-state index is 11.9. The van der Waals surface area contributed by atoms with Crippen LogP contribution in [-0.4, -0.2) is 46.8 Å². The molecule has 0 aliphatic carbocycles. The van der Waals surface area contributed by atoms with Crippen LogP contribution in [0.5, 0.6) is 0 Å². The van der Waals surface area contributed by atoms with E-state index >= 15 is 0 Å². The van der Waals surface area contributed by atoms with Gasteiger partial charge in [0.2, 0.25) is 0 Å². The third-order valence-electron chi connectivity index (χ3n) is 3.05. The molecule has 1 atom stereocenters. The summed E-state index contributed by atoms with van der Waals surface area (Å²) in [5.41, 5.74) is 1.00. The van der Waals surface area contributed by atoms with Crippen molar-refractivity contribution in [2.45, 2.75) is 18.3 Å². The van der Waals surface area contributed by atoms with E-state index in [4.69, 9.17) is 9.84 Å². The molecule has 104 valence electrons. The Morgan fingerprint density at radius 2 is 2.21 bits per heavy atom. The van der Waals surface area contributed by atoms with Gasteiger partial charge in [-0.3, -0.25) is 0 Å². The Morgan fingerprint density at radius 3 is 2.95 bits per heavy atom. The first kappa shape index (κ1) is 14.2. The predicted octanol–water partition coefficient (Wildman–Crippen LogP) is 2.12. The molecule has 1 saturated heterocycles. The highest BCUT2D eigenvalue weighted by molar-refractivity contribution is 7.99. The second kappa shape index (κ2) is 7.40. The number of nitrogens with zero attached hydrogens (tertiary/aromatic N) is 1. The fraction of sp³-hybridized carbons (Fsp3) is 0.500. The number of thioether (sulfide) groups is 1. The van der Waals surface area contributed by atoms with Gasteiger partial charge in [-0.15, -0.1) is 0 Å². The molecule has 19 heavy (non-hydrogen) atoms. The lowest BCUT2D eigenvalue weighted by atomic mass is 10.2. The predicted molar refractivity (Wildman–Crippen MR) is 76.1 cm³/mol. The molecule has 0 saturated carbocycles. The van der Waals surface area contributed by atoms with Crippen LogP contribution in [0.1, 0.15) is 12.0 Å². The lowest BCUT2D eigenvalue weighted by Gasteiger charge is -2.16. The summed E-state index contributed by atoms with van der Waals surface area (Å²) in [5.74, 6) is 0.734. The van der Waals surface area contributed by atoms with Gasteiger partial charge in [0.25, 0.3) is 0 Å². The summed E-state index contributed by atoms with van der Waals surface area (Å²) >= 11 is 1.72. The number of carbonyl (C=O) groups excluding carboxylic acids is 1. The monoisotopic (exact) mass is 281 g/mol. The van der Waals surface area contributed by atoms with Crippen molar-refractivity contribution in [1.29, 1.82) is 0 Å². The van der Waals surface area contributed by atoms with E-state index in [0.29, 0.717) is 11.9 Å². The van der Waals surface area contributed by atoms with Gasteiger partial charge >= 0.3 is 6.09 Å². The Labute approximate surface area is 117 Å². The third kappa shape index (κ3) is 4.44. The molecule has 1 amide bonds. The van der Waals surface area contributed by atoms with Gasteiger partial charge in [0.05, 0.1) is 6.61 Å². The Balaban J connectivity index is 1.72. The minimum absolute atomic E-state index is 0.194. The highest BCUT2D eigenvalue weighted by Crippen LogP contribution is 2.22. The van der Waals surface area contributed by atoms with Crippen LogP contribution in [-0.2, 0) is 11.3 Å². The fourth-order valence-electron chi connectivity index (χ4n) is 2.06. The van der Waals surface area contributed by atoms with Crippen LogP contribution in [0.4, 0.5) is 4.79 Å². The van der Waals surface area contributed by atoms with E-state index < -0.39 is 0 Å². The van der Waals surface area contributed by atoms with Crippen LogP contribution >= 0.6 is 11.8 Å². The molecule has 5 heteroatoms. The summed E-state index contributed by atoms with van der Waals surface area (Å²) in [7, 11) is 0. The number of ether oxygens (including phenoxy) is 1. The molecule has 1 aliphatic rings.